The molecule has 9 nitrogen and oxygen atoms in total. The summed E-state index contributed by atoms with van der Waals surface area (Å²) >= 11 is 0. The monoisotopic (exact) mass is 430 g/mol. The summed E-state index contributed by atoms with van der Waals surface area (Å²) in [6, 6.07) is 9.06. The molecular weight excluding hydrogens is 408 g/mol. The Kier molecular flexibility index (Phi) is 4.41. The highest BCUT2D eigenvalue weighted by Gasteiger charge is 2.47. The molecule has 0 aliphatic heterocycles. The third-order valence-corrected chi connectivity index (χ3v) is 6.87. The lowest BCUT2D eigenvalue weighted by atomic mass is 9.61. The van der Waals surface area contributed by atoms with Crippen LogP contribution in [0.4, 0.5) is 5.82 Å². The fraction of sp³-hybridized carbons (Fsp3) is 0.348. The summed E-state index contributed by atoms with van der Waals surface area (Å²) in [5.41, 5.74) is 1.85. The molecule has 4 aromatic heterocycles. The standard InChI is InChI=1S/C23H22N6O3/c30-23(31)18-12-5-7-13(8-6-12)19(18)26-17-11-15(16-4-2-10-32-16)25-22(27-17)20-14-3-1-9-24-21(14)29-28-20/h1-4,9-13,18-19H,5-8H2,(H,30,31)(H,24,28,29)(H,25,26,27)/t12?,13?,18-,19-/m0/s1. The molecule has 0 spiro atoms. The molecule has 3 saturated carbocycles. The Bertz CT molecular complexity index is 1280. The van der Waals surface area contributed by atoms with E-state index in [9.17, 15) is 9.90 Å². The normalized spacial score (nSPS) is 24.6. The van der Waals surface area contributed by atoms with E-state index in [1.807, 2.05) is 24.3 Å². The highest BCUT2D eigenvalue weighted by Crippen LogP contribution is 2.46. The van der Waals surface area contributed by atoms with Gasteiger partial charge in [-0.25, -0.2) is 15.0 Å². The van der Waals surface area contributed by atoms with Gasteiger partial charge in [0.05, 0.1) is 12.2 Å². The number of aliphatic carboxylic acids is 1. The van der Waals surface area contributed by atoms with E-state index in [4.69, 9.17) is 14.4 Å². The maximum Gasteiger partial charge on any atom is 0.308 e. The number of hydrogen-bond donors (Lipinski definition) is 3. The van der Waals surface area contributed by atoms with Gasteiger partial charge in [0.2, 0.25) is 0 Å². The van der Waals surface area contributed by atoms with Crippen LogP contribution in [0.5, 0.6) is 0 Å². The second-order valence-corrected chi connectivity index (χ2v) is 8.62. The van der Waals surface area contributed by atoms with Crippen molar-refractivity contribution in [3.05, 3.63) is 42.8 Å². The summed E-state index contributed by atoms with van der Waals surface area (Å²) in [4.78, 5) is 25.8. The van der Waals surface area contributed by atoms with Crippen LogP contribution in [0.25, 0.3) is 34.0 Å². The molecular formula is C23H22N6O3. The molecule has 2 atom stereocenters. The van der Waals surface area contributed by atoms with E-state index in [2.05, 4.69) is 20.5 Å². The number of carboxylic acids is 1. The zero-order valence-corrected chi connectivity index (χ0v) is 17.2. The van der Waals surface area contributed by atoms with E-state index in [1.165, 1.54) is 0 Å². The van der Waals surface area contributed by atoms with Crippen molar-refractivity contribution >= 4 is 22.8 Å². The van der Waals surface area contributed by atoms with Gasteiger partial charge >= 0.3 is 5.97 Å². The van der Waals surface area contributed by atoms with Crippen LogP contribution in [-0.2, 0) is 4.79 Å². The molecule has 162 valence electrons. The minimum Gasteiger partial charge on any atom is -0.481 e. The van der Waals surface area contributed by atoms with Crippen molar-refractivity contribution in [3.8, 4) is 23.0 Å². The van der Waals surface area contributed by atoms with Crippen LogP contribution >= 0.6 is 0 Å². The molecule has 32 heavy (non-hydrogen) atoms. The summed E-state index contributed by atoms with van der Waals surface area (Å²) in [7, 11) is 0. The predicted octanol–water partition coefficient (Wildman–Crippen LogP) is 3.98. The van der Waals surface area contributed by atoms with Crippen molar-refractivity contribution in [3.63, 3.8) is 0 Å². The van der Waals surface area contributed by atoms with Crippen LogP contribution in [0.2, 0.25) is 0 Å². The minimum atomic E-state index is -0.733. The third kappa shape index (κ3) is 3.12. The fourth-order valence-electron chi connectivity index (χ4n) is 5.39. The first-order chi connectivity index (χ1) is 15.7. The lowest BCUT2D eigenvalue weighted by molar-refractivity contribution is -0.148. The number of pyridine rings is 1. The van der Waals surface area contributed by atoms with E-state index in [-0.39, 0.29) is 12.0 Å². The van der Waals surface area contributed by atoms with E-state index in [0.29, 0.717) is 40.4 Å². The topological polar surface area (TPSA) is 130 Å². The minimum absolute atomic E-state index is 0.160. The van der Waals surface area contributed by atoms with E-state index in [0.717, 1.165) is 31.1 Å². The number of carbonyl (C=O) groups is 1. The van der Waals surface area contributed by atoms with Crippen molar-refractivity contribution in [1.82, 2.24) is 25.1 Å². The SMILES string of the molecule is O=C(O)[C@H]1C2CCC(CC2)[C@@H]1Nc1cc(-c2ccco2)nc(-c2[nH]nc3ncccc23)n1. The number of nitrogens with one attached hydrogen (secondary N) is 2. The molecule has 4 aromatic rings. The van der Waals surface area contributed by atoms with Crippen LogP contribution in [0, 0.1) is 17.8 Å². The molecule has 3 aliphatic carbocycles. The van der Waals surface area contributed by atoms with Gasteiger partial charge in [0, 0.05) is 23.7 Å². The molecule has 0 amide bonds. The number of H-pyrrole nitrogens is 1. The number of anilines is 1. The van der Waals surface area contributed by atoms with Gasteiger partial charge in [-0.05, 0) is 61.8 Å². The molecule has 4 heterocycles. The highest BCUT2D eigenvalue weighted by molar-refractivity contribution is 5.89. The Morgan fingerprint density at radius 3 is 2.75 bits per heavy atom. The van der Waals surface area contributed by atoms with Crippen molar-refractivity contribution < 1.29 is 14.3 Å². The van der Waals surface area contributed by atoms with E-state index >= 15 is 0 Å². The number of hydrogen-bond acceptors (Lipinski definition) is 7. The molecule has 9 heteroatoms. The molecule has 0 aromatic carbocycles. The molecule has 3 fully saturated rings. The summed E-state index contributed by atoms with van der Waals surface area (Å²) in [6.45, 7) is 0. The number of furan rings is 1. The summed E-state index contributed by atoms with van der Waals surface area (Å²) in [5.74, 6) is 1.03. The van der Waals surface area contributed by atoms with Crippen molar-refractivity contribution in [2.75, 3.05) is 5.32 Å². The zero-order valence-electron chi connectivity index (χ0n) is 17.2. The maximum absolute atomic E-state index is 12.1. The molecule has 3 aliphatic rings. The summed E-state index contributed by atoms with van der Waals surface area (Å²) < 4.78 is 5.58. The Morgan fingerprint density at radius 2 is 1.97 bits per heavy atom. The Labute approximate surface area is 183 Å². The smallest absolute Gasteiger partial charge is 0.308 e. The zero-order chi connectivity index (χ0) is 21.7. The van der Waals surface area contributed by atoms with Gasteiger partial charge in [-0.2, -0.15) is 5.10 Å². The summed E-state index contributed by atoms with van der Waals surface area (Å²) in [5, 5.41) is 21.5. The van der Waals surface area contributed by atoms with Gasteiger partial charge in [0.1, 0.15) is 17.2 Å². The third-order valence-electron chi connectivity index (χ3n) is 6.87. The fourth-order valence-corrected chi connectivity index (χ4v) is 5.39. The molecule has 0 radical (unpaired) electrons. The maximum atomic E-state index is 12.1. The highest BCUT2D eigenvalue weighted by atomic mass is 16.4. The number of fused-ring (bicyclic) bond motifs is 4. The predicted molar refractivity (Wildman–Crippen MR) is 117 cm³/mol. The van der Waals surface area contributed by atoms with Crippen LogP contribution in [0.1, 0.15) is 25.7 Å². The lowest BCUT2D eigenvalue weighted by Crippen LogP contribution is -2.51. The number of carboxylic acid groups (broad SMARTS) is 1. The molecule has 0 unspecified atom stereocenters. The van der Waals surface area contributed by atoms with Gasteiger partial charge in [0.15, 0.2) is 17.2 Å². The van der Waals surface area contributed by atoms with Crippen molar-refractivity contribution in [1.29, 1.82) is 0 Å². The number of rotatable bonds is 5. The average molecular weight is 430 g/mol. The number of aromatic nitrogens is 5. The Hall–Kier alpha value is -3.75. The second kappa shape index (κ2) is 7.44. The van der Waals surface area contributed by atoms with Crippen molar-refractivity contribution in [2.45, 2.75) is 31.7 Å². The number of aromatic amines is 1. The van der Waals surface area contributed by atoms with E-state index in [1.54, 1.807) is 18.5 Å². The Balaban J connectivity index is 1.44. The van der Waals surface area contributed by atoms with Crippen LogP contribution in [0.3, 0.4) is 0 Å². The molecule has 7 rings (SSSR count). The second-order valence-electron chi connectivity index (χ2n) is 8.62. The van der Waals surface area contributed by atoms with Gasteiger partial charge in [-0.3, -0.25) is 9.89 Å². The number of nitrogens with zero attached hydrogens (tertiary/aromatic N) is 4. The van der Waals surface area contributed by atoms with Crippen LogP contribution in [0.15, 0.2) is 47.2 Å². The van der Waals surface area contributed by atoms with Gasteiger partial charge in [0.25, 0.3) is 0 Å². The lowest BCUT2D eigenvalue weighted by Gasteiger charge is -2.47. The first-order valence-electron chi connectivity index (χ1n) is 10.9. The molecule has 3 N–H and O–H groups in total. The van der Waals surface area contributed by atoms with Crippen LogP contribution in [-0.4, -0.2) is 42.3 Å². The first kappa shape index (κ1) is 19.0. The van der Waals surface area contributed by atoms with Crippen molar-refractivity contribution in [2.24, 2.45) is 17.8 Å². The first-order valence-corrected chi connectivity index (χ1v) is 10.9. The van der Waals surface area contributed by atoms with Gasteiger partial charge in [-0.1, -0.05) is 0 Å². The molecule has 2 bridgehead atoms. The molecule has 0 saturated heterocycles. The van der Waals surface area contributed by atoms with Crippen LogP contribution < -0.4 is 5.32 Å². The average Bonchev–Trinajstić information content (AvgIpc) is 3.50. The Morgan fingerprint density at radius 1 is 1.12 bits per heavy atom. The summed E-state index contributed by atoms with van der Waals surface area (Å²) in [6.07, 6.45) is 7.35. The van der Waals surface area contributed by atoms with E-state index < -0.39 is 11.9 Å². The largest absolute Gasteiger partial charge is 0.481 e. The quantitative estimate of drug-likeness (QED) is 0.433. The van der Waals surface area contributed by atoms with Gasteiger partial charge < -0.3 is 14.8 Å². The van der Waals surface area contributed by atoms with Gasteiger partial charge in [-0.15, -0.1) is 0 Å².